The van der Waals surface area contributed by atoms with Gasteiger partial charge in [0.1, 0.15) is 17.3 Å². The summed E-state index contributed by atoms with van der Waals surface area (Å²) in [5.74, 6) is -2.29. The molecule has 2 rings (SSSR count). The van der Waals surface area contributed by atoms with E-state index in [1.165, 1.54) is 12.3 Å². The lowest BCUT2D eigenvalue weighted by atomic mass is 10.1. The SMILES string of the molecule is CC(C)(C)Nc1cncc(C(=O)Nc2c(F)cccc2F)c1. The van der Waals surface area contributed by atoms with Crippen LogP contribution in [-0.2, 0) is 0 Å². The van der Waals surface area contributed by atoms with Crippen molar-refractivity contribution in [2.75, 3.05) is 10.6 Å². The van der Waals surface area contributed by atoms with Crippen molar-refractivity contribution in [2.45, 2.75) is 26.3 Å². The average molecular weight is 305 g/mol. The van der Waals surface area contributed by atoms with Gasteiger partial charge >= 0.3 is 0 Å². The molecule has 0 fully saturated rings. The highest BCUT2D eigenvalue weighted by Gasteiger charge is 2.15. The first kappa shape index (κ1) is 15.9. The minimum absolute atomic E-state index is 0.200. The number of aromatic nitrogens is 1. The Labute approximate surface area is 127 Å². The molecule has 4 nitrogen and oxygen atoms in total. The first-order valence-corrected chi connectivity index (χ1v) is 6.75. The van der Waals surface area contributed by atoms with Gasteiger partial charge in [0.25, 0.3) is 5.91 Å². The number of para-hydroxylation sites is 1. The first-order valence-electron chi connectivity index (χ1n) is 6.75. The van der Waals surface area contributed by atoms with Crippen molar-refractivity contribution < 1.29 is 13.6 Å². The molecule has 1 aromatic carbocycles. The molecule has 1 aromatic heterocycles. The van der Waals surface area contributed by atoms with Gasteiger partial charge in [-0.2, -0.15) is 0 Å². The molecular weight excluding hydrogens is 288 g/mol. The summed E-state index contributed by atoms with van der Waals surface area (Å²) in [5, 5.41) is 5.40. The van der Waals surface area contributed by atoms with Gasteiger partial charge in [0.05, 0.1) is 11.3 Å². The molecule has 0 atom stereocenters. The molecule has 1 amide bonds. The van der Waals surface area contributed by atoms with Crippen LogP contribution in [0.25, 0.3) is 0 Å². The maximum absolute atomic E-state index is 13.5. The summed E-state index contributed by atoms with van der Waals surface area (Å²) in [6.45, 7) is 5.90. The third-order valence-electron chi connectivity index (χ3n) is 2.72. The molecule has 6 heteroatoms. The molecule has 0 saturated heterocycles. The van der Waals surface area contributed by atoms with Crippen molar-refractivity contribution in [2.24, 2.45) is 0 Å². The Kier molecular flexibility index (Phi) is 4.40. The summed E-state index contributed by atoms with van der Waals surface area (Å²) in [6, 6.07) is 4.96. The van der Waals surface area contributed by atoms with Gasteiger partial charge in [-0.25, -0.2) is 8.78 Å². The fraction of sp³-hybridized carbons (Fsp3) is 0.250. The van der Waals surface area contributed by atoms with E-state index in [1.54, 1.807) is 12.3 Å². The summed E-state index contributed by atoms with van der Waals surface area (Å²) < 4.78 is 27.1. The van der Waals surface area contributed by atoms with E-state index in [1.807, 2.05) is 20.8 Å². The topological polar surface area (TPSA) is 54.0 Å². The molecule has 2 aromatic rings. The van der Waals surface area contributed by atoms with Crippen molar-refractivity contribution >= 4 is 17.3 Å². The van der Waals surface area contributed by atoms with Crippen LogP contribution in [0, 0.1) is 11.6 Å². The van der Waals surface area contributed by atoms with E-state index >= 15 is 0 Å². The fourth-order valence-electron chi connectivity index (χ4n) is 1.87. The fourth-order valence-corrected chi connectivity index (χ4v) is 1.87. The maximum atomic E-state index is 13.5. The third-order valence-corrected chi connectivity index (χ3v) is 2.72. The van der Waals surface area contributed by atoms with Gasteiger partial charge in [0, 0.05) is 17.9 Å². The molecule has 116 valence electrons. The average Bonchev–Trinajstić information content (AvgIpc) is 2.41. The molecular formula is C16H17F2N3O. The molecule has 0 saturated carbocycles. The summed E-state index contributed by atoms with van der Waals surface area (Å²) >= 11 is 0. The smallest absolute Gasteiger partial charge is 0.257 e. The van der Waals surface area contributed by atoms with Crippen molar-refractivity contribution in [3.8, 4) is 0 Å². The number of nitrogens with one attached hydrogen (secondary N) is 2. The number of rotatable bonds is 3. The number of amides is 1. The third kappa shape index (κ3) is 4.00. The second-order valence-electron chi connectivity index (χ2n) is 5.89. The van der Waals surface area contributed by atoms with E-state index in [0.29, 0.717) is 5.69 Å². The number of nitrogens with zero attached hydrogens (tertiary/aromatic N) is 1. The molecule has 0 unspecified atom stereocenters. The van der Waals surface area contributed by atoms with Crippen LogP contribution in [0.3, 0.4) is 0 Å². The predicted octanol–water partition coefficient (Wildman–Crippen LogP) is 3.82. The van der Waals surface area contributed by atoms with Crippen LogP contribution in [0.2, 0.25) is 0 Å². The Morgan fingerprint density at radius 1 is 1.14 bits per heavy atom. The quantitative estimate of drug-likeness (QED) is 0.906. The van der Waals surface area contributed by atoms with Crippen molar-refractivity contribution in [1.82, 2.24) is 4.98 Å². The van der Waals surface area contributed by atoms with Crippen molar-refractivity contribution in [1.29, 1.82) is 0 Å². The summed E-state index contributed by atoms with van der Waals surface area (Å²) in [5.41, 5.74) is 0.182. The van der Waals surface area contributed by atoms with Crippen molar-refractivity contribution in [3.63, 3.8) is 0 Å². The number of carbonyl (C=O) groups excluding carboxylic acids is 1. The molecule has 0 radical (unpaired) electrons. The highest BCUT2D eigenvalue weighted by Crippen LogP contribution is 2.20. The van der Waals surface area contributed by atoms with Crippen LogP contribution < -0.4 is 10.6 Å². The number of hydrogen-bond donors (Lipinski definition) is 2. The zero-order valence-corrected chi connectivity index (χ0v) is 12.6. The van der Waals surface area contributed by atoms with Crippen LogP contribution >= 0.6 is 0 Å². The molecule has 0 bridgehead atoms. The van der Waals surface area contributed by atoms with Gasteiger partial charge in [0.15, 0.2) is 0 Å². The zero-order chi connectivity index (χ0) is 16.3. The van der Waals surface area contributed by atoms with Gasteiger partial charge in [-0.3, -0.25) is 9.78 Å². The Balaban J connectivity index is 2.22. The highest BCUT2D eigenvalue weighted by molar-refractivity contribution is 6.04. The number of pyridine rings is 1. The maximum Gasteiger partial charge on any atom is 0.257 e. The second-order valence-corrected chi connectivity index (χ2v) is 5.89. The van der Waals surface area contributed by atoms with E-state index < -0.39 is 23.2 Å². The van der Waals surface area contributed by atoms with E-state index in [9.17, 15) is 13.6 Å². The van der Waals surface area contributed by atoms with Gasteiger partial charge in [-0.05, 0) is 39.0 Å². The number of anilines is 2. The molecule has 0 aliphatic carbocycles. The number of benzene rings is 1. The van der Waals surface area contributed by atoms with Crippen LogP contribution in [0.4, 0.5) is 20.2 Å². The first-order chi connectivity index (χ1) is 10.3. The van der Waals surface area contributed by atoms with E-state index in [-0.39, 0.29) is 11.1 Å². The predicted molar refractivity (Wildman–Crippen MR) is 81.9 cm³/mol. The highest BCUT2D eigenvalue weighted by atomic mass is 19.1. The number of hydrogen-bond acceptors (Lipinski definition) is 3. The number of carbonyl (C=O) groups is 1. The van der Waals surface area contributed by atoms with Gasteiger partial charge in [-0.15, -0.1) is 0 Å². The molecule has 0 aliphatic rings. The van der Waals surface area contributed by atoms with Crippen LogP contribution in [0.5, 0.6) is 0 Å². The second kappa shape index (κ2) is 6.09. The summed E-state index contributed by atoms with van der Waals surface area (Å²) in [6.07, 6.45) is 2.91. The molecule has 2 N–H and O–H groups in total. The molecule has 0 spiro atoms. The Morgan fingerprint density at radius 2 is 1.77 bits per heavy atom. The van der Waals surface area contributed by atoms with E-state index in [0.717, 1.165) is 12.1 Å². The largest absolute Gasteiger partial charge is 0.379 e. The Bertz CT molecular complexity index is 676. The van der Waals surface area contributed by atoms with Crippen LogP contribution in [0.15, 0.2) is 36.7 Å². The standard InChI is InChI=1S/C16H17F2N3O/c1-16(2,3)21-11-7-10(8-19-9-11)15(22)20-14-12(17)5-4-6-13(14)18/h4-9,21H,1-3H3,(H,20,22). The lowest BCUT2D eigenvalue weighted by Crippen LogP contribution is -2.26. The lowest BCUT2D eigenvalue weighted by Gasteiger charge is -2.22. The van der Waals surface area contributed by atoms with Gasteiger partial charge in [0.2, 0.25) is 0 Å². The molecule has 22 heavy (non-hydrogen) atoms. The molecule has 1 heterocycles. The number of halogens is 2. The van der Waals surface area contributed by atoms with Crippen LogP contribution in [-0.4, -0.2) is 16.4 Å². The zero-order valence-electron chi connectivity index (χ0n) is 12.6. The summed E-state index contributed by atoms with van der Waals surface area (Å²) in [7, 11) is 0. The minimum Gasteiger partial charge on any atom is -0.379 e. The van der Waals surface area contributed by atoms with E-state index in [2.05, 4.69) is 15.6 Å². The van der Waals surface area contributed by atoms with Gasteiger partial charge < -0.3 is 10.6 Å². The van der Waals surface area contributed by atoms with Crippen LogP contribution in [0.1, 0.15) is 31.1 Å². The van der Waals surface area contributed by atoms with Crippen molar-refractivity contribution in [3.05, 3.63) is 53.9 Å². The Morgan fingerprint density at radius 3 is 2.36 bits per heavy atom. The van der Waals surface area contributed by atoms with E-state index in [4.69, 9.17) is 0 Å². The Hall–Kier alpha value is -2.50. The molecule has 0 aliphatic heterocycles. The monoisotopic (exact) mass is 305 g/mol. The van der Waals surface area contributed by atoms with Gasteiger partial charge in [-0.1, -0.05) is 6.07 Å². The lowest BCUT2D eigenvalue weighted by molar-refractivity contribution is 0.102. The minimum atomic E-state index is -0.828. The normalized spacial score (nSPS) is 11.1. The summed E-state index contributed by atoms with van der Waals surface area (Å²) in [4.78, 5) is 16.1.